The van der Waals surface area contributed by atoms with E-state index in [1.165, 1.54) is 30.4 Å². The zero-order valence-corrected chi connectivity index (χ0v) is 14.6. The summed E-state index contributed by atoms with van der Waals surface area (Å²) in [5.74, 6) is -1.63. The molecule has 2 amide bonds. The van der Waals surface area contributed by atoms with Gasteiger partial charge in [0.05, 0.1) is 21.3 Å². The van der Waals surface area contributed by atoms with E-state index in [-0.39, 0.29) is 0 Å². The number of amides is 2. The van der Waals surface area contributed by atoms with Crippen molar-refractivity contribution in [3.05, 3.63) is 59.1 Å². The third-order valence-corrected chi connectivity index (χ3v) is 4.45. The minimum Gasteiger partial charge on any atom is -0.449 e. The van der Waals surface area contributed by atoms with Crippen LogP contribution in [-0.2, 0) is 9.53 Å². The maximum atomic E-state index is 12.2. The summed E-state index contributed by atoms with van der Waals surface area (Å²) >= 11 is 1.42. The first kappa shape index (κ1) is 17.6. The molecular weight excluding hydrogens is 354 g/mol. The molecule has 0 bridgehead atoms. The van der Waals surface area contributed by atoms with E-state index in [1.807, 2.05) is 0 Å². The molecule has 0 aliphatic carbocycles. The summed E-state index contributed by atoms with van der Waals surface area (Å²) in [6.45, 7) is 1.48. The monoisotopic (exact) mass is 369 g/mol. The first-order chi connectivity index (χ1) is 12.4. The van der Waals surface area contributed by atoms with Gasteiger partial charge in [0, 0.05) is 11.3 Å². The van der Waals surface area contributed by atoms with E-state index in [1.54, 1.807) is 35.8 Å². The van der Waals surface area contributed by atoms with Crippen molar-refractivity contribution in [1.82, 2.24) is 4.98 Å². The molecule has 132 valence electrons. The van der Waals surface area contributed by atoms with Crippen LogP contribution in [0.25, 0.3) is 10.2 Å². The van der Waals surface area contributed by atoms with Gasteiger partial charge in [0.25, 0.3) is 5.91 Å². The summed E-state index contributed by atoms with van der Waals surface area (Å²) < 4.78 is 6.08. The molecule has 0 saturated heterocycles. The Morgan fingerprint density at radius 2 is 1.81 bits per heavy atom. The molecule has 0 aliphatic rings. The van der Waals surface area contributed by atoms with Gasteiger partial charge in [0.1, 0.15) is 0 Å². The fourth-order valence-corrected chi connectivity index (χ4v) is 2.94. The average Bonchev–Trinajstić information content (AvgIpc) is 3.09. The van der Waals surface area contributed by atoms with Gasteiger partial charge < -0.3 is 15.8 Å². The Morgan fingerprint density at radius 3 is 2.50 bits per heavy atom. The van der Waals surface area contributed by atoms with E-state index in [0.29, 0.717) is 16.8 Å². The van der Waals surface area contributed by atoms with Crippen molar-refractivity contribution in [3.63, 3.8) is 0 Å². The summed E-state index contributed by atoms with van der Waals surface area (Å²) in [5, 5.41) is 2.61. The fourth-order valence-electron chi connectivity index (χ4n) is 2.23. The Morgan fingerprint density at radius 1 is 1.12 bits per heavy atom. The number of nitrogens with one attached hydrogen (secondary N) is 1. The van der Waals surface area contributed by atoms with Crippen LogP contribution in [0.1, 0.15) is 27.6 Å². The van der Waals surface area contributed by atoms with Gasteiger partial charge in [-0.2, -0.15) is 0 Å². The van der Waals surface area contributed by atoms with Crippen LogP contribution in [0.15, 0.2) is 48.0 Å². The van der Waals surface area contributed by atoms with Crippen molar-refractivity contribution in [2.45, 2.75) is 13.0 Å². The van der Waals surface area contributed by atoms with Gasteiger partial charge in [-0.1, -0.05) is 0 Å². The van der Waals surface area contributed by atoms with Gasteiger partial charge in [0.15, 0.2) is 6.10 Å². The van der Waals surface area contributed by atoms with Crippen LogP contribution in [0.3, 0.4) is 0 Å². The number of esters is 1. The molecule has 0 radical (unpaired) electrons. The van der Waals surface area contributed by atoms with E-state index in [2.05, 4.69) is 10.3 Å². The van der Waals surface area contributed by atoms with Crippen molar-refractivity contribution < 1.29 is 19.1 Å². The molecule has 0 fully saturated rings. The number of benzene rings is 2. The molecule has 3 aromatic rings. The molecule has 0 unspecified atom stereocenters. The number of hydrogen-bond acceptors (Lipinski definition) is 6. The van der Waals surface area contributed by atoms with Gasteiger partial charge in [-0.3, -0.25) is 9.59 Å². The summed E-state index contributed by atoms with van der Waals surface area (Å²) in [6, 6.07) is 11.1. The van der Waals surface area contributed by atoms with Crippen LogP contribution in [-0.4, -0.2) is 28.9 Å². The Kier molecular flexibility index (Phi) is 4.94. The predicted octanol–water partition coefficient (Wildman–Crippen LogP) is 2.58. The maximum absolute atomic E-state index is 12.2. The molecule has 0 aliphatic heterocycles. The van der Waals surface area contributed by atoms with Gasteiger partial charge in [0.2, 0.25) is 5.91 Å². The minimum absolute atomic E-state index is 0.334. The van der Waals surface area contributed by atoms with Crippen LogP contribution in [0.4, 0.5) is 5.69 Å². The van der Waals surface area contributed by atoms with Crippen molar-refractivity contribution in [1.29, 1.82) is 0 Å². The number of carbonyl (C=O) groups excluding carboxylic acids is 3. The number of anilines is 1. The molecule has 8 heteroatoms. The molecule has 3 N–H and O–H groups in total. The van der Waals surface area contributed by atoms with Crippen LogP contribution in [0.5, 0.6) is 0 Å². The molecule has 1 heterocycles. The molecular formula is C18H15N3O4S. The highest BCUT2D eigenvalue weighted by atomic mass is 32.1. The van der Waals surface area contributed by atoms with Crippen LogP contribution < -0.4 is 11.1 Å². The second-order valence-corrected chi connectivity index (χ2v) is 6.40. The fraction of sp³-hybridized carbons (Fsp3) is 0.111. The zero-order chi connectivity index (χ0) is 18.7. The lowest BCUT2D eigenvalue weighted by Crippen LogP contribution is -2.30. The topological polar surface area (TPSA) is 111 Å². The Bertz CT molecular complexity index is 982. The number of carbonyl (C=O) groups is 3. The molecule has 26 heavy (non-hydrogen) atoms. The first-order valence-electron chi connectivity index (χ1n) is 7.69. The van der Waals surface area contributed by atoms with E-state index < -0.39 is 23.9 Å². The van der Waals surface area contributed by atoms with Crippen molar-refractivity contribution in [2.75, 3.05) is 5.32 Å². The third kappa shape index (κ3) is 3.86. The lowest BCUT2D eigenvalue weighted by molar-refractivity contribution is -0.123. The predicted molar refractivity (Wildman–Crippen MR) is 98.1 cm³/mol. The second kappa shape index (κ2) is 7.32. The molecule has 0 saturated carbocycles. The number of aromatic nitrogens is 1. The SMILES string of the molecule is C[C@@H](OC(=O)c1ccc2ncsc2c1)C(=O)Nc1ccc(C(N)=O)cc1. The number of ether oxygens (including phenoxy) is 1. The van der Waals surface area contributed by atoms with Crippen LogP contribution >= 0.6 is 11.3 Å². The number of fused-ring (bicyclic) bond motifs is 1. The summed E-state index contributed by atoms with van der Waals surface area (Å²) in [7, 11) is 0. The van der Waals surface area contributed by atoms with E-state index in [4.69, 9.17) is 10.5 Å². The van der Waals surface area contributed by atoms with Gasteiger partial charge in [-0.25, -0.2) is 9.78 Å². The van der Waals surface area contributed by atoms with Gasteiger partial charge in [-0.05, 0) is 49.4 Å². The van der Waals surface area contributed by atoms with Crippen molar-refractivity contribution in [2.24, 2.45) is 5.73 Å². The Labute approximate surface area is 152 Å². The number of rotatable bonds is 5. The Hall–Kier alpha value is -3.26. The average molecular weight is 369 g/mol. The number of hydrogen-bond donors (Lipinski definition) is 2. The molecule has 3 rings (SSSR count). The standard InChI is InChI=1S/C18H15N3O4S/c1-10(17(23)21-13-5-2-11(3-6-13)16(19)22)25-18(24)12-4-7-14-15(8-12)26-9-20-14/h2-10H,1H3,(H2,19,22)(H,21,23)/t10-/m1/s1. The second-order valence-electron chi connectivity index (χ2n) is 5.51. The molecule has 1 aromatic heterocycles. The number of nitrogens with zero attached hydrogens (tertiary/aromatic N) is 1. The maximum Gasteiger partial charge on any atom is 0.338 e. The highest BCUT2D eigenvalue weighted by molar-refractivity contribution is 7.16. The number of thiazole rings is 1. The highest BCUT2D eigenvalue weighted by Gasteiger charge is 2.19. The summed E-state index contributed by atoms with van der Waals surface area (Å²) in [4.78, 5) is 39.6. The smallest absolute Gasteiger partial charge is 0.338 e. The molecule has 7 nitrogen and oxygen atoms in total. The van der Waals surface area contributed by atoms with Crippen LogP contribution in [0.2, 0.25) is 0 Å². The number of nitrogens with two attached hydrogens (primary N) is 1. The Balaban J connectivity index is 1.62. The first-order valence-corrected chi connectivity index (χ1v) is 8.57. The van der Waals surface area contributed by atoms with Crippen molar-refractivity contribution >= 4 is 45.0 Å². The van der Waals surface area contributed by atoms with Crippen molar-refractivity contribution in [3.8, 4) is 0 Å². The summed E-state index contributed by atoms with van der Waals surface area (Å²) in [6.07, 6.45) is -0.990. The van der Waals surface area contributed by atoms with Crippen LogP contribution in [0, 0.1) is 0 Å². The molecule has 0 spiro atoms. The lowest BCUT2D eigenvalue weighted by Gasteiger charge is -2.13. The van der Waals surface area contributed by atoms with Gasteiger partial charge in [-0.15, -0.1) is 11.3 Å². The van der Waals surface area contributed by atoms with E-state index in [9.17, 15) is 14.4 Å². The quantitative estimate of drug-likeness (QED) is 0.672. The number of primary amides is 1. The third-order valence-electron chi connectivity index (χ3n) is 3.66. The lowest BCUT2D eigenvalue weighted by atomic mass is 10.2. The normalized spacial score (nSPS) is 11.7. The summed E-state index contributed by atoms with van der Waals surface area (Å²) in [5.41, 5.74) is 8.82. The van der Waals surface area contributed by atoms with E-state index >= 15 is 0 Å². The zero-order valence-electron chi connectivity index (χ0n) is 13.8. The minimum atomic E-state index is -0.990. The van der Waals surface area contributed by atoms with E-state index in [0.717, 1.165) is 10.2 Å². The molecule has 2 aromatic carbocycles. The molecule has 1 atom stereocenters. The largest absolute Gasteiger partial charge is 0.449 e. The van der Waals surface area contributed by atoms with Gasteiger partial charge >= 0.3 is 5.97 Å². The highest BCUT2D eigenvalue weighted by Crippen LogP contribution is 2.20.